The molecule has 1 aliphatic carbocycles. The molecule has 2 aromatic rings. The summed E-state index contributed by atoms with van der Waals surface area (Å²) in [6, 6.07) is 5.35. The molecule has 0 radical (unpaired) electrons. The summed E-state index contributed by atoms with van der Waals surface area (Å²) in [6.07, 6.45) is 2.70. The van der Waals surface area contributed by atoms with Crippen LogP contribution in [0.15, 0.2) is 23.1 Å². The molecule has 0 saturated heterocycles. The number of carbonyl (C=O) groups excluding carboxylic acids is 1. The molecule has 25 heavy (non-hydrogen) atoms. The van der Waals surface area contributed by atoms with Crippen molar-refractivity contribution in [3.8, 4) is 0 Å². The molecule has 0 bridgehead atoms. The summed E-state index contributed by atoms with van der Waals surface area (Å²) in [5.41, 5.74) is 3.34. The Kier molecular flexibility index (Phi) is 3.61. The van der Waals surface area contributed by atoms with E-state index in [9.17, 15) is 13.2 Å². The molecule has 0 unspecified atom stereocenters. The molecule has 1 aliphatic heterocycles. The number of H-pyrrole nitrogens is 1. The highest BCUT2D eigenvalue weighted by atomic mass is 32.2. The maximum Gasteiger partial charge on any atom is 0.265 e. The number of sulfonamides is 1. The fraction of sp³-hybridized carbons (Fsp3) is 0.412. The summed E-state index contributed by atoms with van der Waals surface area (Å²) in [5, 5.41) is 6.64. The maximum absolute atomic E-state index is 12.6. The van der Waals surface area contributed by atoms with Crippen molar-refractivity contribution in [1.82, 2.24) is 10.2 Å². The summed E-state index contributed by atoms with van der Waals surface area (Å²) in [5.74, 6) is 0.368. The lowest BCUT2D eigenvalue weighted by atomic mass is 10.1. The molecular weight excluding hydrogens is 340 g/mol. The van der Waals surface area contributed by atoms with Crippen LogP contribution < -0.4 is 9.62 Å². The largest absolute Gasteiger partial charge is 0.312 e. The molecule has 1 saturated carbocycles. The number of amides is 1. The molecule has 132 valence electrons. The Morgan fingerprint density at radius 1 is 1.32 bits per heavy atom. The van der Waals surface area contributed by atoms with Crippen molar-refractivity contribution >= 4 is 27.3 Å². The minimum Gasteiger partial charge on any atom is -0.312 e. The second-order valence-corrected chi connectivity index (χ2v) is 8.35. The number of anilines is 2. The molecule has 8 heteroatoms. The standard InChI is InChI=1S/C17H20N4O3S/c1-10-16(11(2)19-18-10)25(23,24)20-14-5-6-15-13(9-14)7-8-21(15)17(22)12-3-4-12/h5-6,9,12,20H,3-4,7-8H2,1-2H3,(H,18,19). The highest BCUT2D eigenvalue weighted by molar-refractivity contribution is 7.92. The van der Waals surface area contributed by atoms with Crippen molar-refractivity contribution in [3.63, 3.8) is 0 Å². The Hall–Kier alpha value is -2.35. The summed E-state index contributed by atoms with van der Waals surface area (Å²) in [4.78, 5) is 14.3. The van der Waals surface area contributed by atoms with Gasteiger partial charge in [0.05, 0.1) is 11.4 Å². The number of hydrogen-bond donors (Lipinski definition) is 2. The molecular formula is C17H20N4O3S. The first-order valence-electron chi connectivity index (χ1n) is 8.35. The van der Waals surface area contributed by atoms with E-state index in [2.05, 4.69) is 14.9 Å². The highest BCUT2D eigenvalue weighted by Gasteiger charge is 2.36. The molecule has 2 N–H and O–H groups in total. The number of aromatic nitrogens is 2. The van der Waals surface area contributed by atoms with Crippen molar-refractivity contribution in [2.45, 2.75) is 38.0 Å². The van der Waals surface area contributed by atoms with E-state index in [1.54, 1.807) is 19.9 Å². The van der Waals surface area contributed by atoms with Gasteiger partial charge in [0.15, 0.2) is 0 Å². The van der Waals surface area contributed by atoms with Gasteiger partial charge in [0, 0.05) is 23.8 Å². The van der Waals surface area contributed by atoms with E-state index < -0.39 is 10.0 Å². The van der Waals surface area contributed by atoms with Crippen molar-refractivity contribution in [3.05, 3.63) is 35.2 Å². The van der Waals surface area contributed by atoms with Crippen LogP contribution in [0.2, 0.25) is 0 Å². The smallest absolute Gasteiger partial charge is 0.265 e. The predicted molar refractivity (Wildman–Crippen MR) is 94.1 cm³/mol. The van der Waals surface area contributed by atoms with Gasteiger partial charge in [-0.2, -0.15) is 5.10 Å². The average molecular weight is 360 g/mol. The first-order valence-corrected chi connectivity index (χ1v) is 9.84. The topological polar surface area (TPSA) is 95.2 Å². The van der Waals surface area contributed by atoms with Gasteiger partial charge in [-0.3, -0.25) is 14.6 Å². The number of benzene rings is 1. The summed E-state index contributed by atoms with van der Waals surface area (Å²) >= 11 is 0. The zero-order valence-electron chi connectivity index (χ0n) is 14.2. The Bertz CT molecular complexity index is 941. The second-order valence-electron chi connectivity index (χ2n) is 6.73. The predicted octanol–water partition coefficient (Wildman–Crippen LogP) is 2.13. The van der Waals surface area contributed by atoms with Crippen molar-refractivity contribution in [2.75, 3.05) is 16.2 Å². The third kappa shape index (κ3) is 2.80. The molecule has 1 aromatic heterocycles. The van der Waals surface area contributed by atoms with Crippen LogP contribution in [0.3, 0.4) is 0 Å². The first-order chi connectivity index (χ1) is 11.9. The Labute approximate surface area is 146 Å². The number of aryl methyl sites for hydroxylation is 2. The third-order valence-corrected chi connectivity index (χ3v) is 6.39. The fourth-order valence-electron chi connectivity index (χ4n) is 3.39. The van der Waals surface area contributed by atoms with E-state index in [1.165, 1.54) is 0 Å². The molecule has 1 amide bonds. The Morgan fingerprint density at radius 3 is 2.72 bits per heavy atom. The van der Waals surface area contributed by atoms with E-state index >= 15 is 0 Å². The molecule has 4 rings (SSSR count). The molecule has 1 aromatic carbocycles. The van der Waals surface area contributed by atoms with Crippen LogP contribution in [-0.2, 0) is 21.2 Å². The van der Waals surface area contributed by atoms with Crippen LogP contribution in [0.1, 0.15) is 29.8 Å². The minimum absolute atomic E-state index is 0.177. The van der Waals surface area contributed by atoms with Crippen molar-refractivity contribution in [1.29, 1.82) is 0 Å². The van der Waals surface area contributed by atoms with Crippen LogP contribution in [0.25, 0.3) is 0 Å². The normalized spacial score (nSPS) is 16.8. The van der Waals surface area contributed by atoms with Crippen LogP contribution >= 0.6 is 0 Å². The number of hydrogen-bond acceptors (Lipinski definition) is 4. The zero-order valence-corrected chi connectivity index (χ0v) is 15.0. The van der Waals surface area contributed by atoms with Crippen molar-refractivity contribution < 1.29 is 13.2 Å². The van der Waals surface area contributed by atoms with Gasteiger partial charge >= 0.3 is 0 Å². The molecule has 1 fully saturated rings. The van der Waals surface area contributed by atoms with Crippen LogP contribution in [-0.4, -0.2) is 31.1 Å². The van der Waals surface area contributed by atoms with Gasteiger partial charge in [0.1, 0.15) is 4.90 Å². The molecule has 0 atom stereocenters. The highest BCUT2D eigenvalue weighted by Crippen LogP contribution is 2.37. The quantitative estimate of drug-likeness (QED) is 0.873. The van der Waals surface area contributed by atoms with E-state index in [-0.39, 0.29) is 16.7 Å². The molecule has 2 aliphatic rings. The first kappa shape index (κ1) is 16.1. The molecule has 0 spiro atoms. The zero-order chi connectivity index (χ0) is 17.8. The maximum atomic E-state index is 12.6. The lowest BCUT2D eigenvalue weighted by Crippen LogP contribution is -2.30. The van der Waals surface area contributed by atoms with E-state index in [1.807, 2.05) is 17.0 Å². The van der Waals surface area contributed by atoms with Gasteiger partial charge in [-0.05, 0) is 56.9 Å². The number of nitrogens with one attached hydrogen (secondary N) is 2. The van der Waals surface area contributed by atoms with Gasteiger partial charge in [-0.15, -0.1) is 0 Å². The van der Waals surface area contributed by atoms with E-state index in [0.717, 1.165) is 30.5 Å². The third-order valence-electron chi connectivity index (χ3n) is 4.75. The lowest BCUT2D eigenvalue weighted by molar-refractivity contribution is -0.119. The van der Waals surface area contributed by atoms with Crippen molar-refractivity contribution in [2.24, 2.45) is 5.92 Å². The van der Waals surface area contributed by atoms with Crippen LogP contribution in [0.5, 0.6) is 0 Å². The van der Waals surface area contributed by atoms with Gasteiger partial charge in [0.2, 0.25) is 5.91 Å². The van der Waals surface area contributed by atoms with Gasteiger partial charge < -0.3 is 4.90 Å². The average Bonchev–Trinajstić information content (AvgIpc) is 3.23. The Balaban J connectivity index is 1.60. The van der Waals surface area contributed by atoms with Crippen LogP contribution in [0, 0.1) is 19.8 Å². The summed E-state index contributed by atoms with van der Waals surface area (Å²) < 4.78 is 27.9. The number of aromatic amines is 1. The van der Waals surface area contributed by atoms with Gasteiger partial charge in [0.25, 0.3) is 10.0 Å². The SMILES string of the molecule is Cc1n[nH]c(C)c1S(=O)(=O)Nc1ccc2c(c1)CCN2C(=O)C1CC1. The number of carbonyl (C=O) groups is 1. The number of nitrogens with zero attached hydrogens (tertiary/aromatic N) is 2. The van der Waals surface area contributed by atoms with Gasteiger partial charge in [-0.1, -0.05) is 0 Å². The van der Waals surface area contributed by atoms with Crippen LogP contribution in [0.4, 0.5) is 11.4 Å². The van der Waals surface area contributed by atoms with Gasteiger partial charge in [-0.25, -0.2) is 8.42 Å². The summed E-state index contributed by atoms with van der Waals surface area (Å²) in [7, 11) is -3.71. The monoisotopic (exact) mass is 360 g/mol. The van der Waals surface area contributed by atoms with E-state index in [0.29, 0.717) is 23.6 Å². The molecule has 2 heterocycles. The summed E-state index contributed by atoms with van der Waals surface area (Å²) in [6.45, 7) is 4.00. The molecule has 7 nitrogen and oxygen atoms in total. The number of fused-ring (bicyclic) bond motifs is 1. The fourth-order valence-corrected chi connectivity index (χ4v) is 4.81. The number of rotatable bonds is 4. The lowest BCUT2D eigenvalue weighted by Gasteiger charge is -2.17. The second kappa shape index (κ2) is 5.59. The minimum atomic E-state index is -3.71. The Morgan fingerprint density at radius 2 is 2.08 bits per heavy atom. The van der Waals surface area contributed by atoms with E-state index in [4.69, 9.17) is 0 Å².